The van der Waals surface area contributed by atoms with E-state index < -0.39 is 0 Å². The highest BCUT2D eigenvalue weighted by Crippen LogP contribution is 2.25. The molecule has 20 heavy (non-hydrogen) atoms. The van der Waals surface area contributed by atoms with E-state index in [2.05, 4.69) is 36.0 Å². The molecule has 2 heterocycles. The summed E-state index contributed by atoms with van der Waals surface area (Å²) >= 11 is 0. The van der Waals surface area contributed by atoms with Crippen molar-refractivity contribution < 1.29 is 0 Å². The number of hydrogen-bond donors (Lipinski definition) is 1. The molecule has 0 bridgehead atoms. The molecule has 1 aromatic rings. The van der Waals surface area contributed by atoms with E-state index in [1.807, 2.05) is 19.3 Å². The number of anilines is 1. The summed E-state index contributed by atoms with van der Waals surface area (Å²) in [4.78, 5) is 11.6. The summed E-state index contributed by atoms with van der Waals surface area (Å²) in [7, 11) is 2.03. The Morgan fingerprint density at radius 1 is 1.30 bits per heavy atom. The maximum absolute atomic E-state index is 4.76. The Labute approximate surface area is 123 Å². The largest absolute Gasteiger partial charge is 0.341 e. The molecule has 1 fully saturated rings. The molecular weight excluding hydrogens is 248 g/mol. The Balaban J connectivity index is 1.97. The maximum atomic E-state index is 4.76. The van der Waals surface area contributed by atoms with Crippen molar-refractivity contribution in [3.05, 3.63) is 18.0 Å². The predicted octanol–water partition coefficient (Wildman–Crippen LogP) is 2.60. The summed E-state index contributed by atoms with van der Waals surface area (Å²) in [5, 5.41) is 3.24. The van der Waals surface area contributed by atoms with Crippen LogP contribution in [-0.4, -0.2) is 36.6 Å². The monoisotopic (exact) mass is 276 g/mol. The lowest BCUT2D eigenvalue weighted by molar-refractivity contribution is 0.375. The van der Waals surface area contributed by atoms with E-state index in [-0.39, 0.29) is 5.41 Å². The lowest BCUT2D eigenvalue weighted by Gasteiger charge is -2.32. The van der Waals surface area contributed by atoms with Crippen LogP contribution in [-0.2, 0) is 5.41 Å². The van der Waals surface area contributed by atoms with Gasteiger partial charge in [0.15, 0.2) is 0 Å². The smallest absolute Gasteiger partial charge is 0.225 e. The minimum atomic E-state index is 0.0861. The third-order valence-electron chi connectivity index (χ3n) is 4.11. The van der Waals surface area contributed by atoms with Crippen LogP contribution in [0.2, 0.25) is 0 Å². The van der Waals surface area contributed by atoms with Gasteiger partial charge >= 0.3 is 0 Å². The fourth-order valence-corrected chi connectivity index (χ4v) is 2.69. The summed E-state index contributed by atoms with van der Waals surface area (Å²) in [6.07, 6.45) is 5.69. The number of rotatable bonds is 4. The minimum absolute atomic E-state index is 0.0861. The van der Waals surface area contributed by atoms with Gasteiger partial charge < -0.3 is 10.2 Å². The second kappa shape index (κ2) is 6.53. The van der Waals surface area contributed by atoms with Crippen molar-refractivity contribution in [1.29, 1.82) is 0 Å². The zero-order valence-corrected chi connectivity index (χ0v) is 13.3. The van der Waals surface area contributed by atoms with E-state index in [1.54, 1.807) is 0 Å². The van der Waals surface area contributed by atoms with Crippen LogP contribution in [0.1, 0.15) is 45.7 Å². The Kier molecular flexibility index (Phi) is 4.97. The van der Waals surface area contributed by atoms with Crippen LogP contribution in [0.4, 0.5) is 5.95 Å². The van der Waals surface area contributed by atoms with Crippen molar-refractivity contribution in [2.45, 2.75) is 45.4 Å². The quantitative estimate of drug-likeness (QED) is 0.918. The molecule has 0 radical (unpaired) electrons. The average Bonchev–Trinajstić information content (AvgIpc) is 2.45. The van der Waals surface area contributed by atoms with E-state index in [9.17, 15) is 0 Å². The molecule has 112 valence electrons. The zero-order valence-electron chi connectivity index (χ0n) is 13.3. The second-order valence-corrected chi connectivity index (χ2v) is 6.81. The number of hydrogen-bond acceptors (Lipinski definition) is 4. The SMILES string of the molecule is CNCCC1CCN(c2nccc(C(C)(C)C)n2)CC1. The molecule has 4 nitrogen and oxygen atoms in total. The van der Waals surface area contributed by atoms with Crippen LogP contribution in [0.15, 0.2) is 12.3 Å². The highest BCUT2D eigenvalue weighted by atomic mass is 15.3. The third-order valence-corrected chi connectivity index (χ3v) is 4.11. The van der Waals surface area contributed by atoms with Crippen molar-refractivity contribution in [2.24, 2.45) is 5.92 Å². The van der Waals surface area contributed by atoms with E-state index in [4.69, 9.17) is 4.98 Å². The normalized spacial score (nSPS) is 17.5. The van der Waals surface area contributed by atoms with Crippen molar-refractivity contribution in [3.8, 4) is 0 Å². The highest BCUT2D eigenvalue weighted by Gasteiger charge is 2.22. The molecule has 0 unspecified atom stereocenters. The van der Waals surface area contributed by atoms with Gasteiger partial charge in [0.05, 0.1) is 5.69 Å². The van der Waals surface area contributed by atoms with Gasteiger partial charge in [0.25, 0.3) is 0 Å². The lowest BCUT2D eigenvalue weighted by atomic mass is 9.92. The molecule has 1 saturated heterocycles. The van der Waals surface area contributed by atoms with Crippen molar-refractivity contribution >= 4 is 5.95 Å². The van der Waals surface area contributed by atoms with Crippen LogP contribution in [0.5, 0.6) is 0 Å². The van der Waals surface area contributed by atoms with Gasteiger partial charge in [-0.2, -0.15) is 0 Å². The van der Waals surface area contributed by atoms with Crippen LogP contribution in [0.3, 0.4) is 0 Å². The van der Waals surface area contributed by atoms with Gasteiger partial charge in [-0.05, 0) is 44.8 Å². The molecule has 1 aliphatic heterocycles. The second-order valence-electron chi connectivity index (χ2n) is 6.81. The van der Waals surface area contributed by atoms with Crippen molar-refractivity contribution in [3.63, 3.8) is 0 Å². The summed E-state index contributed by atoms with van der Waals surface area (Å²) in [6, 6.07) is 2.03. The molecule has 4 heteroatoms. The topological polar surface area (TPSA) is 41.0 Å². The Hall–Kier alpha value is -1.16. The fraction of sp³-hybridized carbons (Fsp3) is 0.750. The van der Waals surface area contributed by atoms with E-state index >= 15 is 0 Å². The molecule has 0 aliphatic carbocycles. The summed E-state index contributed by atoms with van der Waals surface area (Å²) < 4.78 is 0. The number of piperidine rings is 1. The molecule has 0 saturated carbocycles. The molecule has 0 atom stereocenters. The Morgan fingerprint density at radius 3 is 2.60 bits per heavy atom. The average molecular weight is 276 g/mol. The third kappa shape index (κ3) is 3.92. The van der Waals surface area contributed by atoms with Crippen LogP contribution in [0, 0.1) is 5.92 Å². The predicted molar refractivity (Wildman–Crippen MR) is 84.2 cm³/mol. The van der Waals surface area contributed by atoms with Crippen molar-refractivity contribution in [1.82, 2.24) is 15.3 Å². The number of nitrogens with one attached hydrogen (secondary N) is 1. The van der Waals surface area contributed by atoms with E-state index in [0.717, 1.165) is 37.2 Å². The first-order chi connectivity index (χ1) is 9.50. The van der Waals surface area contributed by atoms with Gasteiger partial charge in [-0.3, -0.25) is 0 Å². The van der Waals surface area contributed by atoms with Gasteiger partial charge in [-0.25, -0.2) is 9.97 Å². The summed E-state index contributed by atoms with van der Waals surface area (Å²) in [6.45, 7) is 9.89. The molecular formula is C16H28N4. The first kappa shape index (κ1) is 15.2. The van der Waals surface area contributed by atoms with Gasteiger partial charge in [0.2, 0.25) is 5.95 Å². The van der Waals surface area contributed by atoms with Crippen LogP contribution in [0.25, 0.3) is 0 Å². The molecule has 2 rings (SSSR count). The van der Waals surface area contributed by atoms with E-state index in [1.165, 1.54) is 19.3 Å². The summed E-state index contributed by atoms with van der Waals surface area (Å²) in [5.74, 6) is 1.76. The standard InChI is InChI=1S/C16H28N4/c1-16(2,3)14-6-10-18-15(19-14)20-11-7-13(8-12-20)5-9-17-4/h6,10,13,17H,5,7-9,11-12H2,1-4H3. The van der Waals surface area contributed by atoms with Gasteiger partial charge in [-0.15, -0.1) is 0 Å². The minimum Gasteiger partial charge on any atom is -0.341 e. The molecule has 0 spiro atoms. The molecule has 0 aromatic carbocycles. The van der Waals surface area contributed by atoms with Crippen LogP contribution < -0.4 is 10.2 Å². The molecule has 1 N–H and O–H groups in total. The first-order valence-electron chi connectivity index (χ1n) is 7.74. The van der Waals surface area contributed by atoms with Gasteiger partial charge in [-0.1, -0.05) is 20.8 Å². The van der Waals surface area contributed by atoms with Crippen LogP contribution >= 0.6 is 0 Å². The maximum Gasteiger partial charge on any atom is 0.225 e. The Bertz CT molecular complexity index is 417. The zero-order chi connectivity index (χ0) is 14.6. The lowest BCUT2D eigenvalue weighted by Crippen LogP contribution is -2.36. The van der Waals surface area contributed by atoms with E-state index in [0.29, 0.717) is 0 Å². The van der Waals surface area contributed by atoms with Gasteiger partial charge in [0.1, 0.15) is 0 Å². The highest BCUT2D eigenvalue weighted by molar-refractivity contribution is 5.32. The first-order valence-corrected chi connectivity index (χ1v) is 7.74. The fourth-order valence-electron chi connectivity index (χ4n) is 2.69. The number of nitrogens with zero attached hydrogens (tertiary/aromatic N) is 3. The Morgan fingerprint density at radius 2 is 2.00 bits per heavy atom. The van der Waals surface area contributed by atoms with Gasteiger partial charge in [0, 0.05) is 24.7 Å². The number of aromatic nitrogens is 2. The summed E-state index contributed by atoms with van der Waals surface area (Å²) in [5.41, 5.74) is 1.21. The molecule has 1 aromatic heterocycles. The molecule has 1 aliphatic rings. The molecule has 0 amide bonds. The van der Waals surface area contributed by atoms with Crippen molar-refractivity contribution in [2.75, 3.05) is 31.6 Å².